The van der Waals surface area contributed by atoms with Crippen molar-refractivity contribution >= 4 is 69.1 Å². The van der Waals surface area contributed by atoms with E-state index in [4.69, 9.17) is 19.5 Å². The fourth-order valence-corrected chi connectivity index (χ4v) is 10.6. The van der Waals surface area contributed by atoms with Crippen LogP contribution in [0, 0.1) is 11.3 Å². The number of carbonyl (C=O) groups is 3. The summed E-state index contributed by atoms with van der Waals surface area (Å²) < 4.78 is 62.4. The molecule has 0 saturated carbocycles. The number of hydrogen-bond donors (Lipinski definition) is 9. The SMILES string of the molecule is CCCCCC(C)CCCCCCCCCCC(=O)SCCNC(=O)CCNC(=O)C(O)C(C)(C)COP(=O)(O)OP(=O)(O)OCC1OC(n2cnc3c(N)ncnc32)C(O)C1OP(=O)(O)O. The molecule has 2 aromatic rings. The third kappa shape index (κ3) is 21.6. The lowest BCUT2D eigenvalue weighted by atomic mass is 9.87. The molecule has 24 nitrogen and oxygen atoms in total. The van der Waals surface area contributed by atoms with Crippen molar-refractivity contribution in [2.24, 2.45) is 11.3 Å². The van der Waals surface area contributed by atoms with Gasteiger partial charge in [-0.15, -0.1) is 0 Å². The first kappa shape index (κ1) is 58.9. The number of thioether (sulfide) groups is 1. The number of aliphatic hydroxyl groups excluding tert-OH is 2. The fourth-order valence-electron chi connectivity index (χ4n) is 7.08. The number of ether oxygens (including phenoxy) is 1. The van der Waals surface area contributed by atoms with E-state index in [-0.39, 0.29) is 41.6 Å². The van der Waals surface area contributed by atoms with Crippen LogP contribution in [0.3, 0.4) is 0 Å². The highest BCUT2D eigenvalue weighted by atomic mass is 32.2. The van der Waals surface area contributed by atoms with Gasteiger partial charge in [0, 0.05) is 37.1 Å². The fraction of sp³-hybridized carbons (Fsp3) is 0.795. The molecule has 3 rings (SSSR count). The zero-order valence-electron chi connectivity index (χ0n) is 38.6. The number of rotatable bonds is 34. The molecule has 2 aromatic heterocycles. The van der Waals surface area contributed by atoms with Gasteiger partial charge in [-0.05, 0) is 12.3 Å². The first-order valence-corrected chi connectivity index (χ1v) is 28.0. The topological polar surface area (TPSA) is 364 Å². The monoisotopic (exact) mass is 1030 g/mol. The summed E-state index contributed by atoms with van der Waals surface area (Å²) in [6, 6.07) is 0. The van der Waals surface area contributed by atoms with Crippen LogP contribution in [-0.2, 0) is 50.7 Å². The number of aromatic nitrogens is 4. The first-order chi connectivity index (χ1) is 31.4. The van der Waals surface area contributed by atoms with Crippen LogP contribution < -0.4 is 16.4 Å². The number of aliphatic hydroxyl groups is 2. The van der Waals surface area contributed by atoms with Crippen LogP contribution in [0.15, 0.2) is 12.7 Å². The van der Waals surface area contributed by atoms with Crippen molar-refractivity contribution in [3.8, 4) is 0 Å². The number of hydrogen-bond acceptors (Lipinski definition) is 18. The second-order valence-corrected chi connectivity index (χ2v) is 22.6. The summed E-state index contributed by atoms with van der Waals surface area (Å²) in [7, 11) is -16.4. The van der Waals surface area contributed by atoms with E-state index >= 15 is 0 Å². The number of unbranched alkanes of at least 4 members (excludes halogenated alkanes) is 9. The van der Waals surface area contributed by atoms with Gasteiger partial charge in [0.2, 0.25) is 11.8 Å². The van der Waals surface area contributed by atoms with Crippen molar-refractivity contribution in [3.05, 3.63) is 12.7 Å². The minimum Gasteiger partial charge on any atom is -0.386 e. The molecule has 3 heterocycles. The largest absolute Gasteiger partial charge is 0.481 e. The zero-order valence-corrected chi connectivity index (χ0v) is 42.1. The molecule has 384 valence electrons. The number of nitrogen functional groups attached to an aromatic ring is 1. The molecular weight excluding hydrogens is 963 g/mol. The van der Waals surface area contributed by atoms with Gasteiger partial charge >= 0.3 is 23.5 Å². The van der Waals surface area contributed by atoms with Crippen LogP contribution in [0.2, 0.25) is 0 Å². The highest BCUT2D eigenvalue weighted by Crippen LogP contribution is 2.61. The van der Waals surface area contributed by atoms with Crippen molar-refractivity contribution in [2.45, 2.75) is 155 Å². The lowest BCUT2D eigenvalue weighted by Crippen LogP contribution is -2.46. The van der Waals surface area contributed by atoms with Crippen molar-refractivity contribution in [2.75, 3.05) is 37.8 Å². The molecule has 0 aliphatic carbocycles. The molecule has 0 radical (unpaired) electrons. The number of nitrogens with zero attached hydrogens (tertiary/aromatic N) is 4. The van der Waals surface area contributed by atoms with Gasteiger partial charge in [-0.1, -0.05) is 117 Å². The van der Waals surface area contributed by atoms with Crippen molar-refractivity contribution in [1.29, 1.82) is 0 Å². The Morgan fingerprint density at radius 3 is 2.18 bits per heavy atom. The van der Waals surface area contributed by atoms with E-state index in [1.807, 2.05) is 0 Å². The smallest absolute Gasteiger partial charge is 0.386 e. The molecule has 1 saturated heterocycles. The van der Waals surface area contributed by atoms with Crippen LogP contribution in [-0.4, -0.2) is 123 Å². The van der Waals surface area contributed by atoms with Crippen molar-refractivity contribution in [1.82, 2.24) is 30.2 Å². The maximum absolute atomic E-state index is 12.7. The Balaban J connectivity index is 1.30. The molecule has 8 unspecified atom stereocenters. The molecule has 8 atom stereocenters. The van der Waals surface area contributed by atoms with Gasteiger partial charge in [0.05, 0.1) is 19.5 Å². The standard InChI is InChI=1S/C39H70N7O17P3S/c1-5-6-13-16-27(2)17-14-11-9-7-8-10-12-15-18-30(48)67-22-21-41-29(47)19-20-42-37(51)34(50)39(3,4)24-60-66(57,58)63-65(55,56)59-23-28-33(62-64(52,53)54)32(49)38(61-28)46-26-45-31-35(40)43-25-44-36(31)46/h25-28,32-34,38,49-50H,5-24H2,1-4H3,(H,41,47)(H,42,51)(H,55,56)(H,57,58)(H2,40,43,44)(H2,52,53,54). The van der Waals surface area contributed by atoms with Crippen LogP contribution in [0.25, 0.3) is 11.2 Å². The maximum atomic E-state index is 12.7. The Morgan fingerprint density at radius 2 is 1.52 bits per heavy atom. The minimum atomic E-state index is -5.57. The van der Waals surface area contributed by atoms with E-state index in [0.717, 1.165) is 54.2 Å². The Labute approximate surface area is 395 Å². The summed E-state index contributed by atoms with van der Waals surface area (Å²) in [6.07, 6.45) is 9.47. The molecule has 28 heteroatoms. The number of anilines is 1. The van der Waals surface area contributed by atoms with Crippen LogP contribution >= 0.6 is 35.2 Å². The third-order valence-corrected chi connectivity index (χ3v) is 14.9. The number of carbonyl (C=O) groups excluding carboxylic acids is 3. The van der Waals surface area contributed by atoms with Crippen LogP contribution in [0.1, 0.15) is 130 Å². The average Bonchev–Trinajstić information content (AvgIpc) is 3.81. The van der Waals surface area contributed by atoms with Crippen LogP contribution in [0.5, 0.6) is 0 Å². The molecule has 2 amide bonds. The second-order valence-electron chi connectivity index (χ2n) is 17.3. The third-order valence-electron chi connectivity index (χ3n) is 10.9. The van der Waals surface area contributed by atoms with Gasteiger partial charge in [0.15, 0.2) is 22.8 Å². The van der Waals surface area contributed by atoms with Gasteiger partial charge in [-0.25, -0.2) is 28.6 Å². The Morgan fingerprint density at radius 1 is 0.896 bits per heavy atom. The number of phosphoric ester groups is 3. The number of imidazole rings is 1. The van der Waals surface area contributed by atoms with Gasteiger partial charge in [-0.2, -0.15) is 4.31 Å². The van der Waals surface area contributed by atoms with Crippen molar-refractivity contribution < 1.29 is 80.5 Å². The molecule has 1 aliphatic rings. The van der Waals surface area contributed by atoms with Gasteiger partial charge in [0.25, 0.3) is 0 Å². The highest BCUT2D eigenvalue weighted by Gasteiger charge is 2.50. The number of amides is 2. The molecule has 1 fully saturated rings. The molecule has 0 bridgehead atoms. The van der Waals surface area contributed by atoms with E-state index < -0.39 is 84.6 Å². The van der Waals surface area contributed by atoms with E-state index in [1.54, 1.807) is 0 Å². The summed E-state index contributed by atoms with van der Waals surface area (Å²) in [4.78, 5) is 88.4. The summed E-state index contributed by atoms with van der Waals surface area (Å²) in [5.41, 5.74) is 4.29. The summed E-state index contributed by atoms with van der Waals surface area (Å²) in [5.74, 6) is -0.195. The van der Waals surface area contributed by atoms with E-state index in [1.165, 1.54) is 78.1 Å². The molecule has 67 heavy (non-hydrogen) atoms. The highest BCUT2D eigenvalue weighted by molar-refractivity contribution is 8.13. The number of nitrogens with one attached hydrogen (secondary N) is 2. The molecule has 1 aliphatic heterocycles. The van der Waals surface area contributed by atoms with E-state index in [9.17, 15) is 57.9 Å². The molecular formula is C39H70N7O17P3S. The van der Waals surface area contributed by atoms with Gasteiger partial charge in [-0.3, -0.25) is 32.5 Å². The predicted octanol–water partition coefficient (Wildman–Crippen LogP) is 4.78. The minimum absolute atomic E-state index is 0.0338. The second kappa shape index (κ2) is 28.4. The van der Waals surface area contributed by atoms with Crippen molar-refractivity contribution in [3.63, 3.8) is 0 Å². The predicted molar refractivity (Wildman–Crippen MR) is 247 cm³/mol. The molecule has 0 spiro atoms. The van der Waals surface area contributed by atoms with E-state index in [2.05, 4.69) is 48.3 Å². The quantitative estimate of drug-likeness (QED) is 0.0336. The van der Waals surface area contributed by atoms with Gasteiger partial charge in [0.1, 0.15) is 36.3 Å². The summed E-state index contributed by atoms with van der Waals surface area (Å²) in [6.45, 7) is 5.18. The normalized spacial score (nSPS) is 20.6. The maximum Gasteiger partial charge on any atom is 0.481 e. The first-order valence-electron chi connectivity index (χ1n) is 22.5. The molecule has 0 aromatic carbocycles. The summed E-state index contributed by atoms with van der Waals surface area (Å²) in [5, 5.41) is 26.7. The number of phosphoric acid groups is 3. The number of fused-ring (bicyclic) bond motifs is 1. The Hall–Kier alpha value is -2.44. The lowest BCUT2D eigenvalue weighted by Gasteiger charge is -2.30. The number of nitrogens with two attached hydrogens (primary N) is 1. The van der Waals surface area contributed by atoms with Crippen LogP contribution in [0.4, 0.5) is 5.82 Å². The summed E-state index contributed by atoms with van der Waals surface area (Å²) >= 11 is 1.16. The Kier molecular flexibility index (Phi) is 25.0. The average molecular weight is 1030 g/mol. The lowest BCUT2D eigenvalue weighted by molar-refractivity contribution is -0.137. The zero-order chi connectivity index (χ0) is 49.8. The Bertz CT molecular complexity index is 2010. The molecule has 10 N–H and O–H groups in total. The van der Waals surface area contributed by atoms with E-state index in [0.29, 0.717) is 12.2 Å². The van der Waals surface area contributed by atoms with Gasteiger partial charge < -0.3 is 50.9 Å².